The van der Waals surface area contributed by atoms with E-state index in [-0.39, 0.29) is 18.0 Å². The van der Waals surface area contributed by atoms with Gasteiger partial charge in [0.1, 0.15) is 11.5 Å². The molecule has 0 saturated carbocycles. The van der Waals surface area contributed by atoms with Gasteiger partial charge in [-0.05, 0) is 35.7 Å². The summed E-state index contributed by atoms with van der Waals surface area (Å²) in [5.74, 6) is 0.380. The molecule has 0 amide bonds. The Morgan fingerprint density at radius 1 is 1.24 bits per heavy atom. The summed E-state index contributed by atoms with van der Waals surface area (Å²) in [5.41, 5.74) is 2.93. The predicted octanol–water partition coefficient (Wildman–Crippen LogP) is 3.57. The third-order valence-electron chi connectivity index (χ3n) is 4.10. The normalized spacial score (nSPS) is 10.6. The maximum absolute atomic E-state index is 12.6. The van der Waals surface area contributed by atoms with E-state index in [9.17, 15) is 9.90 Å². The lowest BCUT2D eigenvalue weighted by Crippen LogP contribution is -2.05. The van der Waals surface area contributed by atoms with Gasteiger partial charge in [-0.2, -0.15) is 5.10 Å². The average molecular weight is 336 g/mol. The van der Waals surface area contributed by atoms with Crippen LogP contribution in [0.4, 0.5) is 0 Å². The highest BCUT2D eigenvalue weighted by Gasteiger charge is 2.16. The number of hydrogen-bond acceptors (Lipinski definition) is 4. The molecule has 5 nitrogen and oxygen atoms in total. The van der Waals surface area contributed by atoms with Crippen LogP contribution >= 0.6 is 0 Å². The van der Waals surface area contributed by atoms with E-state index in [4.69, 9.17) is 4.74 Å². The number of ether oxygens (including phenoxy) is 1. The number of carbonyl (C=O) groups excluding carboxylic acids is 1. The number of aryl methyl sites for hydroxylation is 1. The van der Waals surface area contributed by atoms with Crippen LogP contribution in [0.2, 0.25) is 0 Å². The smallest absolute Gasteiger partial charge is 0.171 e. The zero-order chi connectivity index (χ0) is 17.8. The molecule has 0 aliphatic heterocycles. The zero-order valence-corrected chi connectivity index (χ0v) is 14.3. The fourth-order valence-electron chi connectivity index (χ4n) is 2.76. The highest BCUT2D eigenvalue weighted by molar-refractivity contribution is 6.00. The molecule has 0 saturated heterocycles. The second kappa shape index (κ2) is 7.21. The van der Waals surface area contributed by atoms with E-state index in [0.717, 1.165) is 23.2 Å². The molecular weight excluding hydrogens is 316 g/mol. The van der Waals surface area contributed by atoms with Crippen LogP contribution in [0.3, 0.4) is 0 Å². The Hall–Kier alpha value is -3.08. The van der Waals surface area contributed by atoms with Gasteiger partial charge in [0, 0.05) is 18.7 Å². The van der Waals surface area contributed by atoms with Crippen LogP contribution in [-0.2, 0) is 12.8 Å². The minimum atomic E-state index is -0.150. The molecular formula is C20H20N2O3. The predicted molar refractivity (Wildman–Crippen MR) is 95.6 cm³/mol. The van der Waals surface area contributed by atoms with Crippen molar-refractivity contribution in [1.82, 2.24) is 9.78 Å². The molecule has 0 spiro atoms. The minimum Gasteiger partial charge on any atom is -0.507 e. The van der Waals surface area contributed by atoms with Crippen molar-refractivity contribution in [3.63, 3.8) is 0 Å². The van der Waals surface area contributed by atoms with E-state index in [1.165, 1.54) is 6.07 Å². The van der Waals surface area contributed by atoms with Crippen molar-refractivity contribution in [3.8, 4) is 17.2 Å². The van der Waals surface area contributed by atoms with E-state index in [2.05, 4.69) is 5.10 Å². The summed E-state index contributed by atoms with van der Waals surface area (Å²) >= 11 is 0. The summed E-state index contributed by atoms with van der Waals surface area (Å²) in [5, 5.41) is 14.5. The summed E-state index contributed by atoms with van der Waals surface area (Å²) < 4.78 is 6.97. The monoisotopic (exact) mass is 336 g/mol. The highest BCUT2D eigenvalue weighted by atomic mass is 16.5. The highest BCUT2D eigenvalue weighted by Crippen LogP contribution is 2.29. The van der Waals surface area contributed by atoms with E-state index in [1.807, 2.05) is 43.5 Å². The molecule has 0 bridgehead atoms. The van der Waals surface area contributed by atoms with Crippen LogP contribution in [0.15, 0.2) is 54.9 Å². The van der Waals surface area contributed by atoms with E-state index in [0.29, 0.717) is 11.3 Å². The van der Waals surface area contributed by atoms with Gasteiger partial charge in [0.05, 0.1) is 24.6 Å². The molecule has 0 aliphatic rings. The molecule has 5 heteroatoms. The topological polar surface area (TPSA) is 64.4 Å². The van der Waals surface area contributed by atoms with Crippen LogP contribution in [0.1, 0.15) is 28.4 Å². The minimum absolute atomic E-state index is 0.0606. The van der Waals surface area contributed by atoms with Crippen molar-refractivity contribution in [2.24, 2.45) is 0 Å². The first kappa shape index (κ1) is 16.8. The lowest BCUT2D eigenvalue weighted by Gasteiger charge is -2.10. The van der Waals surface area contributed by atoms with Gasteiger partial charge >= 0.3 is 0 Å². The fourth-order valence-corrected chi connectivity index (χ4v) is 2.76. The first-order valence-electron chi connectivity index (χ1n) is 8.14. The second-order valence-corrected chi connectivity index (χ2v) is 5.76. The van der Waals surface area contributed by atoms with Crippen molar-refractivity contribution in [2.75, 3.05) is 7.11 Å². The Morgan fingerprint density at radius 2 is 2.00 bits per heavy atom. The molecule has 128 valence electrons. The number of methoxy groups -OCH3 is 1. The quantitative estimate of drug-likeness (QED) is 0.699. The van der Waals surface area contributed by atoms with Crippen LogP contribution in [0, 0.1) is 0 Å². The van der Waals surface area contributed by atoms with E-state index in [1.54, 1.807) is 24.1 Å². The SMILES string of the molecule is CCc1cc(C(=O)Cc2cnn(-c3ccccc3)c2)c(O)cc1OC. The first-order valence-corrected chi connectivity index (χ1v) is 8.14. The summed E-state index contributed by atoms with van der Waals surface area (Å²) in [7, 11) is 1.55. The van der Waals surface area contributed by atoms with Crippen molar-refractivity contribution in [2.45, 2.75) is 19.8 Å². The van der Waals surface area contributed by atoms with Gasteiger partial charge in [0.15, 0.2) is 5.78 Å². The van der Waals surface area contributed by atoms with E-state index >= 15 is 0 Å². The van der Waals surface area contributed by atoms with Gasteiger partial charge in [0.25, 0.3) is 0 Å². The molecule has 0 radical (unpaired) electrons. The van der Waals surface area contributed by atoms with Crippen LogP contribution in [0.5, 0.6) is 11.5 Å². The molecule has 1 N–H and O–H groups in total. The molecule has 0 unspecified atom stereocenters. The van der Waals surface area contributed by atoms with Gasteiger partial charge in [-0.15, -0.1) is 0 Å². The summed E-state index contributed by atoms with van der Waals surface area (Å²) in [6, 6.07) is 12.9. The summed E-state index contributed by atoms with van der Waals surface area (Å²) in [6.07, 6.45) is 4.40. The summed E-state index contributed by atoms with van der Waals surface area (Å²) in [6.45, 7) is 1.98. The third-order valence-corrected chi connectivity index (χ3v) is 4.10. The number of phenolic OH excluding ortho intramolecular Hbond substituents is 1. The van der Waals surface area contributed by atoms with Crippen molar-refractivity contribution in [3.05, 3.63) is 71.5 Å². The number of ketones is 1. The number of hydrogen-bond donors (Lipinski definition) is 1. The molecule has 25 heavy (non-hydrogen) atoms. The Bertz CT molecular complexity index is 885. The van der Waals surface area contributed by atoms with Crippen molar-refractivity contribution >= 4 is 5.78 Å². The largest absolute Gasteiger partial charge is 0.507 e. The molecule has 0 aliphatic carbocycles. The number of Topliss-reactive ketones (excluding diaryl/α,β-unsaturated/α-hetero) is 1. The summed E-state index contributed by atoms with van der Waals surface area (Å²) in [4.78, 5) is 12.6. The van der Waals surface area contributed by atoms with Crippen LogP contribution in [-0.4, -0.2) is 27.8 Å². The molecule has 1 heterocycles. The van der Waals surface area contributed by atoms with Gasteiger partial charge in [-0.1, -0.05) is 25.1 Å². The number of aromatic hydroxyl groups is 1. The number of phenols is 1. The zero-order valence-electron chi connectivity index (χ0n) is 14.3. The number of carbonyl (C=O) groups is 1. The van der Waals surface area contributed by atoms with Gasteiger partial charge in [0.2, 0.25) is 0 Å². The number of benzene rings is 2. The molecule has 2 aromatic carbocycles. The number of nitrogens with zero attached hydrogens (tertiary/aromatic N) is 2. The van der Waals surface area contributed by atoms with Crippen molar-refractivity contribution in [1.29, 1.82) is 0 Å². The Labute approximate surface area is 146 Å². The van der Waals surface area contributed by atoms with Crippen LogP contribution in [0.25, 0.3) is 5.69 Å². The Kier molecular flexibility index (Phi) is 4.84. The first-order chi connectivity index (χ1) is 12.1. The number of para-hydroxylation sites is 1. The lowest BCUT2D eigenvalue weighted by molar-refractivity contribution is 0.0990. The average Bonchev–Trinajstić information content (AvgIpc) is 3.10. The standard InChI is InChI=1S/C20H20N2O3/c1-3-15-10-17(19(24)11-20(15)25-2)18(23)9-14-12-21-22(13-14)16-7-5-4-6-8-16/h4-8,10-13,24H,3,9H2,1-2H3. The third kappa shape index (κ3) is 3.55. The van der Waals surface area contributed by atoms with Gasteiger partial charge in [-0.25, -0.2) is 4.68 Å². The van der Waals surface area contributed by atoms with Crippen molar-refractivity contribution < 1.29 is 14.6 Å². The Balaban J connectivity index is 1.82. The number of rotatable bonds is 6. The lowest BCUT2D eigenvalue weighted by atomic mass is 10.00. The molecule has 0 atom stereocenters. The van der Waals surface area contributed by atoms with Crippen LogP contribution < -0.4 is 4.74 Å². The van der Waals surface area contributed by atoms with Gasteiger partial charge < -0.3 is 9.84 Å². The van der Waals surface area contributed by atoms with E-state index < -0.39 is 0 Å². The molecule has 0 fully saturated rings. The second-order valence-electron chi connectivity index (χ2n) is 5.76. The maximum atomic E-state index is 12.6. The Morgan fingerprint density at radius 3 is 2.68 bits per heavy atom. The maximum Gasteiger partial charge on any atom is 0.171 e. The molecule has 3 aromatic rings. The molecule has 1 aromatic heterocycles. The number of aromatic nitrogens is 2. The fraction of sp³-hybridized carbons (Fsp3) is 0.200. The van der Waals surface area contributed by atoms with Gasteiger partial charge in [-0.3, -0.25) is 4.79 Å². The molecule has 3 rings (SSSR count).